The van der Waals surface area contributed by atoms with E-state index in [0.717, 1.165) is 30.3 Å². The Hall–Kier alpha value is -0.770. The van der Waals surface area contributed by atoms with Gasteiger partial charge in [-0.05, 0) is 36.7 Å². The highest BCUT2D eigenvalue weighted by Crippen LogP contribution is 2.22. The molecular formula is C13H19ClN2O. The minimum absolute atomic E-state index is 0.140. The van der Waals surface area contributed by atoms with E-state index in [1.54, 1.807) is 0 Å². The summed E-state index contributed by atoms with van der Waals surface area (Å²) < 4.78 is 0. The molecule has 0 spiro atoms. The van der Waals surface area contributed by atoms with E-state index in [9.17, 15) is 5.11 Å². The van der Waals surface area contributed by atoms with E-state index in [1.165, 1.54) is 0 Å². The molecule has 17 heavy (non-hydrogen) atoms. The van der Waals surface area contributed by atoms with Gasteiger partial charge in [0.2, 0.25) is 0 Å². The first kappa shape index (κ1) is 12.7. The zero-order chi connectivity index (χ0) is 12.3. The summed E-state index contributed by atoms with van der Waals surface area (Å²) in [5.41, 5.74) is 1.13. The second-order valence-electron chi connectivity index (χ2n) is 4.73. The third-order valence-electron chi connectivity index (χ3n) is 3.19. The molecule has 1 fully saturated rings. The van der Waals surface area contributed by atoms with Crippen LogP contribution in [0.15, 0.2) is 24.3 Å². The lowest BCUT2D eigenvalue weighted by atomic mass is 10.1. The minimum Gasteiger partial charge on any atom is -0.394 e. The number of benzene rings is 1. The Morgan fingerprint density at radius 3 is 2.71 bits per heavy atom. The topological polar surface area (TPSA) is 35.5 Å². The number of nitrogens with zero attached hydrogens (tertiary/aromatic N) is 1. The predicted molar refractivity (Wildman–Crippen MR) is 71.7 cm³/mol. The van der Waals surface area contributed by atoms with Gasteiger partial charge in [-0.1, -0.05) is 18.5 Å². The Bertz CT molecular complexity index is 355. The Labute approximate surface area is 107 Å². The molecule has 1 aliphatic rings. The number of hydrogen-bond acceptors (Lipinski definition) is 3. The molecule has 0 aliphatic carbocycles. The van der Waals surface area contributed by atoms with Gasteiger partial charge in [0.15, 0.2) is 0 Å². The van der Waals surface area contributed by atoms with Crippen LogP contribution >= 0.6 is 11.6 Å². The summed E-state index contributed by atoms with van der Waals surface area (Å²) in [6.45, 7) is 5.17. The van der Waals surface area contributed by atoms with E-state index in [4.69, 9.17) is 11.6 Å². The Morgan fingerprint density at radius 2 is 2.06 bits per heavy atom. The van der Waals surface area contributed by atoms with Crippen molar-refractivity contribution in [3.05, 3.63) is 29.3 Å². The monoisotopic (exact) mass is 254 g/mol. The first-order valence-electron chi connectivity index (χ1n) is 6.04. The van der Waals surface area contributed by atoms with Gasteiger partial charge in [0.05, 0.1) is 12.6 Å². The van der Waals surface area contributed by atoms with Crippen molar-refractivity contribution in [1.29, 1.82) is 0 Å². The van der Waals surface area contributed by atoms with Crippen LogP contribution in [-0.2, 0) is 0 Å². The van der Waals surface area contributed by atoms with Gasteiger partial charge in [-0.15, -0.1) is 0 Å². The fourth-order valence-electron chi connectivity index (χ4n) is 2.27. The number of nitrogens with one attached hydrogen (secondary N) is 1. The van der Waals surface area contributed by atoms with Crippen molar-refractivity contribution in [3.8, 4) is 0 Å². The van der Waals surface area contributed by atoms with E-state index in [1.807, 2.05) is 24.3 Å². The first-order chi connectivity index (χ1) is 8.20. The van der Waals surface area contributed by atoms with E-state index >= 15 is 0 Å². The molecule has 0 amide bonds. The summed E-state index contributed by atoms with van der Waals surface area (Å²) in [6, 6.07) is 7.97. The molecule has 1 aliphatic heterocycles. The highest BCUT2D eigenvalue weighted by Gasteiger charge is 2.23. The predicted octanol–water partition coefficient (Wildman–Crippen LogP) is 1.75. The average Bonchev–Trinajstić information content (AvgIpc) is 2.51. The molecule has 0 bridgehead atoms. The van der Waals surface area contributed by atoms with Crippen molar-refractivity contribution in [2.45, 2.75) is 13.0 Å². The number of aliphatic hydroxyl groups excluding tert-OH is 1. The number of anilines is 1. The fourth-order valence-corrected chi connectivity index (χ4v) is 2.39. The van der Waals surface area contributed by atoms with E-state index in [0.29, 0.717) is 5.92 Å². The summed E-state index contributed by atoms with van der Waals surface area (Å²) >= 11 is 5.90. The molecule has 0 aromatic heterocycles. The molecule has 0 radical (unpaired) electrons. The Balaban J connectivity index is 2.21. The van der Waals surface area contributed by atoms with Gasteiger partial charge in [-0.3, -0.25) is 0 Å². The summed E-state index contributed by atoms with van der Waals surface area (Å²) in [7, 11) is 0. The molecule has 0 saturated carbocycles. The maximum atomic E-state index is 9.48. The molecule has 1 heterocycles. The lowest BCUT2D eigenvalue weighted by molar-refractivity contribution is 0.259. The first-order valence-corrected chi connectivity index (χ1v) is 6.42. The van der Waals surface area contributed by atoms with Gasteiger partial charge in [-0.25, -0.2) is 0 Å². The summed E-state index contributed by atoms with van der Waals surface area (Å²) in [5, 5.41) is 13.6. The molecule has 2 rings (SSSR count). The molecule has 94 valence electrons. The van der Waals surface area contributed by atoms with Crippen LogP contribution in [0.5, 0.6) is 0 Å². The van der Waals surface area contributed by atoms with Gasteiger partial charge >= 0.3 is 0 Å². The van der Waals surface area contributed by atoms with Gasteiger partial charge in [-0.2, -0.15) is 0 Å². The van der Waals surface area contributed by atoms with Crippen LogP contribution in [0.4, 0.5) is 5.69 Å². The SMILES string of the molecule is CC1CNCC(CO)N(c2ccc(Cl)cc2)C1. The van der Waals surface area contributed by atoms with Crippen molar-refractivity contribution < 1.29 is 5.11 Å². The minimum atomic E-state index is 0.140. The molecule has 2 atom stereocenters. The van der Waals surface area contributed by atoms with Crippen LogP contribution in [0.1, 0.15) is 6.92 Å². The number of rotatable bonds is 2. The zero-order valence-corrected chi connectivity index (χ0v) is 10.8. The van der Waals surface area contributed by atoms with Crippen LogP contribution in [0, 0.1) is 5.92 Å². The van der Waals surface area contributed by atoms with Crippen molar-refractivity contribution in [3.63, 3.8) is 0 Å². The van der Waals surface area contributed by atoms with E-state index in [-0.39, 0.29) is 12.6 Å². The highest BCUT2D eigenvalue weighted by atomic mass is 35.5. The van der Waals surface area contributed by atoms with Gasteiger partial charge in [0, 0.05) is 23.8 Å². The summed E-state index contributed by atoms with van der Waals surface area (Å²) in [4.78, 5) is 2.26. The summed E-state index contributed by atoms with van der Waals surface area (Å²) in [6.07, 6.45) is 0. The van der Waals surface area contributed by atoms with Crippen LogP contribution in [0.3, 0.4) is 0 Å². The second kappa shape index (κ2) is 5.71. The fraction of sp³-hybridized carbons (Fsp3) is 0.538. The quantitative estimate of drug-likeness (QED) is 0.844. The molecule has 1 aromatic carbocycles. The molecule has 1 aromatic rings. The average molecular weight is 255 g/mol. The van der Waals surface area contributed by atoms with Crippen molar-refractivity contribution in [1.82, 2.24) is 5.32 Å². The van der Waals surface area contributed by atoms with E-state index in [2.05, 4.69) is 17.1 Å². The third kappa shape index (κ3) is 3.12. The van der Waals surface area contributed by atoms with Crippen LogP contribution in [0.25, 0.3) is 0 Å². The number of aliphatic hydroxyl groups is 1. The maximum absolute atomic E-state index is 9.48. The molecule has 4 heteroatoms. The second-order valence-corrected chi connectivity index (χ2v) is 5.17. The highest BCUT2D eigenvalue weighted by molar-refractivity contribution is 6.30. The number of halogens is 1. The Morgan fingerprint density at radius 1 is 1.35 bits per heavy atom. The van der Waals surface area contributed by atoms with Crippen LogP contribution in [-0.4, -0.2) is 37.4 Å². The third-order valence-corrected chi connectivity index (χ3v) is 3.44. The molecular weight excluding hydrogens is 236 g/mol. The molecule has 2 unspecified atom stereocenters. The lowest BCUT2D eigenvalue weighted by Gasteiger charge is -2.31. The zero-order valence-electron chi connectivity index (χ0n) is 10.1. The van der Waals surface area contributed by atoms with Crippen molar-refractivity contribution in [2.75, 3.05) is 31.1 Å². The Kier molecular flexibility index (Phi) is 4.26. The van der Waals surface area contributed by atoms with Crippen molar-refractivity contribution >= 4 is 17.3 Å². The maximum Gasteiger partial charge on any atom is 0.0647 e. The van der Waals surface area contributed by atoms with Crippen molar-refractivity contribution in [2.24, 2.45) is 5.92 Å². The van der Waals surface area contributed by atoms with Crippen LogP contribution < -0.4 is 10.2 Å². The standard InChI is InChI=1S/C13H19ClN2O/c1-10-6-15-7-13(9-17)16(8-10)12-4-2-11(14)3-5-12/h2-5,10,13,15,17H,6-9H2,1H3. The lowest BCUT2D eigenvalue weighted by Crippen LogP contribution is -2.42. The largest absolute Gasteiger partial charge is 0.394 e. The molecule has 1 saturated heterocycles. The molecule has 2 N–H and O–H groups in total. The normalized spacial score (nSPS) is 25.7. The van der Waals surface area contributed by atoms with Gasteiger partial charge < -0.3 is 15.3 Å². The number of hydrogen-bond donors (Lipinski definition) is 2. The van der Waals surface area contributed by atoms with Crippen LogP contribution in [0.2, 0.25) is 5.02 Å². The molecule has 3 nitrogen and oxygen atoms in total. The van der Waals surface area contributed by atoms with Gasteiger partial charge in [0.25, 0.3) is 0 Å². The summed E-state index contributed by atoms with van der Waals surface area (Å²) in [5.74, 6) is 0.572. The smallest absolute Gasteiger partial charge is 0.0647 e. The van der Waals surface area contributed by atoms with E-state index < -0.39 is 0 Å². The van der Waals surface area contributed by atoms with Gasteiger partial charge in [0.1, 0.15) is 0 Å².